The maximum atomic E-state index is 9.98. The zero-order chi connectivity index (χ0) is 24.0. The topological polar surface area (TPSA) is 150 Å². The molecule has 0 aromatic rings. The Kier molecular flexibility index (Phi) is 36.9. The van der Waals surface area contributed by atoms with E-state index in [1.807, 2.05) is 0 Å². The Morgan fingerprint density at radius 3 is 1.03 bits per heavy atom. The summed E-state index contributed by atoms with van der Waals surface area (Å²) < 4.78 is 19.4. The van der Waals surface area contributed by atoms with Crippen molar-refractivity contribution >= 4 is 11.9 Å². The predicted molar refractivity (Wildman–Crippen MR) is 113 cm³/mol. The predicted octanol–water partition coefficient (Wildman–Crippen LogP) is -3.10. The number of methoxy groups -OCH3 is 4. The van der Waals surface area contributed by atoms with Gasteiger partial charge < -0.3 is 49.4 Å². The minimum Gasteiger partial charge on any atom is -0.550 e. The van der Waals surface area contributed by atoms with Crippen LogP contribution >= 0.6 is 0 Å². The van der Waals surface area contributed by atoms with Crippen LogP contribution in [0.1, 0.15) is 44.9 Å². The van der Waals surface area contributed by atoms with Crippen molar-refractivity contribution in [3.63, 3.8) is 0 Å². The third-order valence-corrected chi connectivity index (χ3v) is 3.87. The normalized spacial score (nSPS) is 9.94. The SMILES string of the molecule is COCC[NH2+]CCOC.COCC[NH2+]CCOC.O=C([O-])CCCCCCCC(=O)[O-]. The lowest BCUT2D eigenvalue weighted by Crippen LogP contribution is -2.86. The van der Waals surface area contributed by atoms with Crippen molar-refractivity contribution < 1.29 is 49.4 Å². The molecule has 0 saturated heterocycles. The maximum Gasteiger partial charge on any atom is 0.0993 e. The number of hydrogen-bond donors (Lipinski definition) is 2. The fraction of sp³-hybridized carbons (Fsp3) is 0.905. The first kappa shape index (κ1) is 34.3. The van der Waals surface area contributed by atoms with E-state index in [4.69, 9.17) is 18.9 Å². The molecule has 0 aliphatic heterocycles. The third-order valence-electron chi connectivity index (χ3n) is 3.87. The molecule has 0 aromatic heterocycles. The van der Waals surface area contributed by atoms with Crippen LogP contribution in [0.25, 0.3) is 0 Å². The standard InChI is InChI=1S/C9H16O4.2C6H15NO2/c10-8(11)6-4-2-1-3-5-7-9(12)13;2*1-8-5-3-7-4-6-9-2/h1-7H2,(H,10,11)(H,12,13);2*7H,3-6H2,1-2H3. The van der Waals surface area contributed by atoms with E-state index in [-0.39, 0.29) is 12.8 Å². The van der Waals surface area contributed by atoms with Gasteiger partial charge >= 0.3 is 0 Å². The molecule has 188 valence electrons. The highest BCUT2D eigenvalue weighted by Crippen LogP contribution is 2.06. The second-order valence-electron chi connectivity index (χ2n) is 6.72. The zero-order valence-electron chi connectivity index (χ0n) is 20.0. The van der Waals surface area contributed by atoms with Gasteiger partial charge in [0, 0.05) is 40.4 Å². The van der Waals surface area contributed by atoms with Gasteiger partial charge in [-0.05, 0) is 25.7 Å². The van der Waals surface area contributed by atoms with Crippen molar-refractivity contribution in [1.29, 1.82) is 0 Å². The van der Waals surface area contributed by atoms with E-state index < -0.39 is 11.9 Å². The van der Waals surface area contributed by atoms with E-state index in [1.165, 1.54) is 0 Å². The molecular formula is C21H46N2O8. The van der Waals surface area contributed by atoms with Gasteiger partial charge in [0.1, 0.15) is 0 Å². The van der Waals surface area contributed by atoms with Crippen LogP contribution in [0.3, 0.4) is 0 Å². The van der Waals surface area contributed by atoms with Gasteiger partial charge in [-0.2, -0.15) is 0 Å². The average Bonchev–Trinajstić information content (AvgIpc) is 2.73. The minimum absolute atomic E-state index is 0.0977. The van der Waals surface area contributed by atoms with Crippen molar-refractivity contribution in [2.24, 2.45) is 0 Å². The van der Waals surface area contributed by atoms with Crippen LogP contribution in [0, 0.1) is 0 Å². The summed E-state index contributed by atoms with van der Waals surface area (Å²) >= 11 is 0. The van der Waals surface area contributed by atoms with Gasteiger partial charge in [0.05, 0.1) is 52.6 Å². The maximum absolute atomic E-state index is 9.98. The fourth-order valence-electron chi connectivity index (χ4n) is 2.16. The minimum atomic E-state index is -1.02. The molecule has 0 atom stereocenters. The molecule has 4 N–H and O–H groups in total. The summed E-state index contributed by atoms with van der Waals surface area (Å²) in [6.45, 7) is 7.40. The van der Waals surface area contributed by atoms with E-state index in [0.29, 0.717) is 12.8 Å². The molecule has 0 aliphatic rings. The Hall–Kier alpha value is -1.30. The molecule has 0 amide bonds. The molecule has 10 heteroatoms. The molecule has 0 rings (SSSR count). The Labute approximate surface area is 188 Å². The van der Waals surface area contributed by atoms with Gasteiger partial charge in [0.25, 0.3) is 0 Å². The van der Waals surface area contributed by atoms with Crippen LogP contribution < -0.4 is 20.8 Å². The molecule has 0 spiro atoms. The number of carbonyl (C=O) groups is 2. The van der Waals surface area contributed by atoms with Gasteiger partial charge in [-0.15, -0.1) is 0 Å². The molecule has 0 aliphatic carbocycles. The number of ether oxygens (including phenoxy) is 4. The first-order valence-corrected chi connectivity index (χ1v) is 10.9. The summed E-state index contributed by atoms with van der Waals surface area (Å²) in [7, 11) is 6.85. The number of quaternary nitrogens is 2. The summed E-state index contributed by atoms with van der Waals surface area (Å²) in [6, 6.07) is 0. The van der Waals surface area contributed by atoms with E-state index in [2.05, 4.69) is 10.6 Å². The Bertz CT molecular complexity index is 316. The molecule has 10 nitrogen and oxygen atoms in total. The number of rotatable bonds is 20. The smallest absolute Gasteiger partial charge is 0.0993 e. The third kappa shape index (κ3) is 47.7. The summed E-state index contributed by atoms with van der Waals surface area (Å²) in [5.41, 5.74) is 0. The van der Waals surface area contributed by atoms with Crippen LogP contribution in [0.2, 0.25) is 0 Å². The van der Waals surface area contributed by atoms with E-state index in [0.717, 1.165) is 71.9 Å². The number of hydrogen-bond acceptors (Lipinski definition) is 8. The summed E-state index contributed by atoms with van der Waals surface area (Å²) in [4.78, 5) is 20.0. The molecule has 0 fully saturated rings. The fourth-order valence-corrected chi connectivity index (χ4v) is 2.16. The lowest BCUT2D eigenvalue weighted by Gasteiger charge is -2.03. The quantitative estimate of drug-likeness (QED) is 0.184. The van der Waals surface area contributed by atoms with E-state index in [9.17, 15) is 19.8 Å². The number of aliphatic carboxylic acids is 2. The van der Waals surface area contributed by atoms with Crippen molar-refractivity contribution in [1.82, 2.24) is 0 Å². The number of nitrogens with two attached hydrogens (primary N) is 2. The van der Waals surface area contributed by atoms with E-state index >= 15 is 0 Å². The van der Waals surface area contributed by atoms with Gasteiger partial charge in [-0.1, -0.05) is 19.3 Å². The number of carboxylic acids is 2. The first-order chi connectivity index (χ1) is 15.0. The number of unbranched alkanes of at least 4 members (excludes halogenated alkanes) is 4. The largest absolute Gasteiger partial charge is 0.550 e. The number of carboxylic acid groups (broad SMARTS) is 2. The Balaban J connectivity index is -0.000000390. The van der Waals surface area contributed by atoms with Gasteiger partial charge in [0.15, 0.2) is 0 Å². The lowest BCUT2D eigenvalue weighted by molar-refractivity contribution is -0.657. The molecule has 0 aromatic carbocycles. The molecule has 0 bridgehead atoms. The van der Waals surface area contributed by atoms with Crippen LogP contribution in [0.5, 0.6) is 0 Å². The monoisotopic (exact) mass is 454 g/mol. The second kappa shape index (κ2) is 33.3. The molecular weight excluding hydrogens is 408 g/mol. The van der Waals surface area contributed by atoms with E-state index in [1.54, 1.807) is 28.4 Å². The van der Waals surface area contributed by atoms with Crippen LogP contribution in [-0.2, 0) is 28.5 Å². The van der Waals surface area contributed by atoms with Crippen molar-refractivity contribution in [3.8, 4) is 0 Å². The van der Waals surface area contributed by atoms with Gasteiger partial charge in [-0.25, -0.2) is 0 Å². The highest BCUT2D eigenvalue weighted by atomic mass is 16.5. The molecule has 0 radical (unpaired) electrons. The summed E-state index contributed by atoms with van der Waals surface area (Å²) in [5, 5.41) is 24.3. The average molecular weight is 455 g/mol. The highest BCUT2D eigenvalue weighted by Gasteiger charge is 1.92. The van der Waals surface area contributed by atoms with Crippen LogP contribution in [0.4, 0.5) is 0 Å². The Morgan fingerprint density at radius 1 is 0.548 bits per heavy atom. The highest BCUT2D eigenvalue weighted by molar-refractivity contribution is 5.64. The summed E-state index contributed by atoms with van der Waals surface area (Å²) in [5.74, 6) is -2.04. The molecule has 0 unspecified atom stereocenters. The molecule has 0 heterocycles. The summed E-state index contributed by atoms with van der Waals surface area (Å²) in [6.07, 6.45) is 3.95. The van der Waals surface area contributed by atoms with Crippen molar-refractivity contribution in [2.75, 3.05) is 81.0 Å². The second-order valence-corrected chi connectivity index (χ2v) is 6.72. The van der Waals surface area contributed by atoms with Crippen molar-refractivity contribution in [3.05, 3.63) is 0 Å². The zero-order valence-corrected chi connectivity index (χ0v) is 20.0. The molecule has 31 heavy (non-hydrogen) atoms. The van der Waals surface area contributed by atoms with Gasteiger partial charge in [-0.3, -0.25) is 0 Å². The van der Waals surface area contributed by atoms with Crippen LogP contribution in [0.15, 0.2) is 0 Å². The Morgan fingerprint density at radius 2 is 0.806 bits per heavy atom. The first-order valence-electron chi connectivity index (χ1n) is 10.9. The lowest BCUT2D eigenvalue weighted by atomic mass is 10.1. The van der Waals surface area contributed by atoms with Gasteiger partial charge in [0.2, 0.25) is 0 Å². The van der Waals surface area contributed by atoms with Crippen molar-refractivity contribution in [2.45, 2.75) is 44.9 Å². The van der Waals surface area contributed by atoms with Crippen LogP contribution in [-0.4, -0.2) is 93.0 Å². The molecule has 0 saturated carbocycles. The number of carbonyl (C=O) groups excluding carboxylic acids is 2.